The molecule has 1 saturated heterocycles. The molecule has 1 N–H and O–H groups in total. The first kappa shape index (κ1) is 18.6. The highest BCUT2D eigenvalue weighted by atomic mass is 19.4. The van der Waals surface area contributed by atoms with Gasteiger partial charge in [-0.3, -0.25) is 4.90 Å². The van der Waals surface area contributed by atoms with Gasteiger partial charge in [0.05, 0.1) is 6.54 Å². The van der Waals surface area contributed by atoms with Gasteiger partial charge in [-0.15, -0.1) is 0 Å². The largest absolute Gasteiger partial charge is 0.401 e. The lowest BCUT2D eigenvalue weighted by molar-refractivity contribution is -0.145. The highest BCUT2D eigenvalue weighted by Gasteiger charge is 2.31. The minimum absolute atomic E-state index is 0.183. The molecule has 1 aromatic carbocycles. The third-order valence-corrected chi connectivity index (χ3v) is 4.04. The SMILES string of the molecule is O=C(NCCCc1ccccc1)N1CCCN(CC(F)(F)F)CC1. The first-order valence-corrected chi connectivity index (χ1v) is 8.30. The van der Waals surface area contributed by atoms with Crippen molar-refractivity contribution in [2.45, 2.75) is 25.4 Å². The molecule has 7 heteroatoms. The molecule has 0 unspecified atom stereocenters. The average molecular weight is 343 g/mol. The van der Waals surface area contributed by atoms with Crippen LogP contribution in [-0.4, -0.2) is 61.3 Å². The summed E-state index contributed by atoms with van der Waals surface area (Å²) in [4.78, 5) is 15.1. The number of aryl methyl sites for hydroxylation is 1. The maximum atomic E-state index is 12.4. The number of nitrogens with zero attached hydrogens (tertiary/aromatic N) is 2. The van der Waals surface area contributed by atoms with Crippen LogP contribution < -0.4 is 5.32 Å². The molecule has 0 aliphatic carbocycles. The second-order valence-corrected chi connectivity index (χ2v) is 6.05. The number of urea groups is 1. The van der Waals surface area contributed by atoms with E-state index in [1.54, 1.807) is 4.90 Å². The summed E-state index contributed by atoms with van der Waals surface area (Å²) < 4.78 is 37.3. The van der Waals surface area contributed by atoms with Crippen molar-refractivity contribution in [2.24, 2.45) is 0 Å². The van der Waals surface area contributed by atoms with E-state index < -0.39 is 12.7 Å². The van der Waals surface area contributed by atoms with Crippen molar-refractivity contribution in [3.8, 4) is 0 Å². The monoisotopic (exact) mass is 343 g/mol. The number of nitrogens with one attached hydrogen (secondary N) is 1. The van der Waals surface area contributed by atoms with Gasteiger partial charge >= 0.3 is 12.2 Å². The zero-order valence-corrected chi connectivity index (χ0v) is 13.7. The Kier molecular flexibility index (Phi) is 6.90. The second kappa shape index (κ2) is 8.92. The topological polar surface area (TPSA) is 35.6 Å². The Bertz CT molecular complexity index is 508. The lowest BCUT2D eigenvalue weighted by Gasteiger charge is -2.23. The van der Waals surface area contributed by atoms with E-state index in [0.717, 1.165) is 12.8 Å². The molecule has 1 fully saturated rings. The number of amides is 2. The Morgan fingerprint density at radius 3 is 2.54 bits per heavy atom. The molecule has 1 heterocycles. The van der Waals surface area contributed by atoms with Crippen LogP contribution in [0.5, 0.6) is 0 Å². The smallest absolute Gasteiger partial charge is 0.338 e. The van der Waals surface area contributed by atoms with E-state index in [1.807, 2.05) is 30.3 Å². The molecule has 0 aromatic heterocycles. The van der Waals surface area contributed by atoms with E-state index in [4.69, 9.17) is 0 Å². The van der Waals surface area contributed by atoms with Crippen LogP contribution in [0.4, 0.5) is 18.0 Å². The van der Waals surface area contributed by atoms with Crippen LogP contribution in [0, 0.1) is 0 Å². The predicted molar refractivity (Wildman–Crippen MR) is 86.8 cm³/mol. The number of alkyl halides is 3. The molecule has 1 aliphatic rings. The van der Waals surface area contributed by atoms with Crippen LogP contribution in [0.1, 0.15) is 18.4 Å². The number of halogens is 3. The molecule has 2 rings (SSSR count). The minimum Gasteiger partial charge on any atom is -0.338 e. The highest BCUT2D eigenvalue weighted by Crippen LogP contribution is 2.17. The van der Waals surface area contributed by atoms with Gasteiger partial charge < -0.3 is 10.2 Å². The van der Waals surface area contributed by atoms with Gasteiger partial charge in [0.2, 0.25) is 0 Å². The van der Waals surface area contributed by atoms with Gasteiger partial charge in [0.15, 0.2) is 0 Å². The third kappa shape index (κ3) is 6.78. The molecular formula is C17H24F3N3O. The Labute approximate surface area is 140 Å². The average Bonchev–Trinajstić information content (AvgIpc) is 2.76. The molecular weight excluding hydrogens is 319 g/mol. The fourth-order valence-corrected chi connectivity index (χ4v) is 2.83. The van der Waals surface area contributed by atoms with E-state index in [1.165, 1.54) is 10.5 Å². The normalized spacial score (nSPS) is 16.7. The van der Waals surface area contributed by atoms with Crippen molar-refractivity contribution < 1.29 is 18.0 Å². The van der Waals surface area contributed by atoms with Crippen molar-refractivity contribution in [3.63, 3.8) is 0 Å². The molecule has 134 valence electrons. The quantitative estimate of drug-likeness (QED) is 0.835. The lowest BCUT2D eigenvalue weighted by atomic mass is 10.1. The summed E-state index contributed by atoms with van der Waals surface area (Å²) in [7, 11) is 0. The molecule has 0 bridgehead atoms. The number of benzene rings is 1. The van der Waals surface area contributed by atoms with E-state index in [-0.39, 0.29) is 12.6 Å². The Morgan fingerprint density at radius 2 is 1.83 bits per heavy atom. The zero-order chi connectivity index (χ0) is 17.4. The van der Waals surface area contributed by atoms with E-state index in [9.17, 15) is 18.0 Å². The predicted octanol–water partition coefficient (Wildman–Crippen LogP) is 2.90. The fraction of sp³-hybridized carbons (Fsp3) is 0.588. The molecule has 0 spiro atoms. The molecule has 24 heavy (non-hydrogen) atoms. The standard InChI is InChI=1S/C17H24F3N3O/c18-17(19,20)14-22-10-5-11-23(13-12-22)16(24)21-9-4-8-15-6-2-1-3-7-15/h1-3,6-7H,4-5,8-14H2,(H,21,24). The van der Waals surface area contributed by atoms with Crippen LogP contribution in [0.15, 0.2) is 30.3 Å². The Morgan fingerprint density at radius 1 is 1.08 bits per heavy atom. The van der Waals surface area contributed by atoms with Gasteiger partial charge in [-0.05, 0) is 24.8 Å². The molecule has 0 atom stereocenters. The summed E-state index contributed by atoms with van der Waals surface area (Å²) in [5.74, 6) is 0. The van der Waals surface area contributed by atoms with Gasteiger partial charge in [0.25, 0.3) is 0 Å². The second-order valence-electron chi connectivity index (χ2n) is 6.05. The van der Waals surface area contributed by atoms with Crippen molar-refractivity contribution in [1.82, 2.24) is 15.1 Å². The lowest BCUT2D eigenvalue weighted by Crippen LogP contribution is -2.43. The molecule has 0 radical (unpaired) electrons. The zero-order valence-electron chi connectivity index (χ0n) is 13.7. The summed E-state index contributed by atoms with van der Waals surface area (Å²) in [5.41, 5.74) is 1.23. The maximum absolute atomic E-state index is 12.4. The molecule has 0 saturated carbocycles. The summed E-state index contributed by atoms with van der Waals surface area (Å²) in [6, 6.07) is 9.84. The minimum atomic E-state index is -4.19. The number of carbonyl (C=O) groups is 1. The third-order valence-electron chi connectivity index (χ3n) is 4.04. The van der Waals surface area contributed by atoms with Gasteiger partial charge in [-0.1, -0.05) is 30.3 Å². The molecule has 4 nitrogen and oxygen atoms in total. The highest BCUT2D eigenvalue weighted by molar-refractivity contribution is 5.74. The summed E-state index contributed by atoms with van der Waals surface area (Å²) >= 11 is 0. The van der Waals surface area contributed by atoms with E-state index in [0.29, 0.717) is 32.6 Å². The van der Waals surface area contributed by atoms with Crippen LogP contribution in [0.25, 0.3) is 0 Å². The number of rotatable bonds is 5. The Balaban J connectivity index is 1.67. The van der Waals surface area contributed by atoms with Gasteiger partial charge in [0, 0.05) is 32.7 Å². The number of hydrogen-bond donors (Lipinski definition) is 1. The molecule has 2 amide bonds. The van der Waals surface area contributed by atoms with E-state index in [2.05, 4.69) is 5.32 Å². The number of hydrogen-bond acceptors (Lipinski definition) is 2. The maximum Gasteiger partial charge on any atom is 0.401 e. The first-order chi connectivity index (χ1) is 11.4. The summed E-state index contributed by atoms with van der Waals surface area (Å²) in [5, 5.41) is 2.86. The Hall–Kier alpha value is -1.76. The van der Waals surface area contributed by atoms with Crippen molar-refractivity contribution >= 4 is 6.03 Å². The van der Waals surface area contributed by atoms with Crippen LogP contribution in [0.2, 0.25) is 0 Å². The summed E-state index contributed by atoms with van der Waals surface area (Å²) in [6.45, 7) is 1.13. The van der Waals surface area contributed by atoms with Crippen molar-refractivity contribution in [1.29, 1.82) is 0 Å². The fourth-order valence-electron chi connectivity index (χ4n) is 2.83. The van der Waals surface area contributed by atoms with Gasteiger partial charge in [0.1, 0.15) is 0 Å². The summed E-state index contributed by atoms with van der Waals surface area (Å²) in [6.07, 6.45) is -1.90. The van der Waals surface area contributed by atoms with Crippen LogP contribution in [-0.2, 0) is 6.42 Å². The molecule has 1 aromatic rings. The van der Waals surface area contributed by atoms with Crippen molar-refractivity contribution in [3.05, 3.63) is 35.9 Å². The van der Waals surface area contributed by atoms with Gasteiger partial charge in [-0.25, -0.2) is 4.79 Å². The van der Waals surface area contributed by atoms with E-state index >= 15 is 0 Å². The number of carbonyl (C=O) groups excluding carboxylic acids is 1. The first-order valence-electron chi connectivity index (χ1n) is 8.30. The van der Waals surface area contributed by atoms with Gasteiger partial charge in [-0.2, -0.15) is 13.2 Å². The van der Waals surface area contributed by atoms with Crippen molar-refractivity contribution in [2.75, 3.05) is 39.3 Å². The van der Waals surface area contributed by atoms with Crippen LogP contribution in [0.3, 0.4) is 0 Å². The molecule has 1 aliphatic heterocycles. The van der Waals surface area contributed by atoms with Crippen LogP contribution >= 0.6 is 0 Å².